The number of Topliss-reactive ketones (excluding diaryl/α,β-unsaturated/α-hetero) is 1. The Labute approximate surface area is 141 Å². The molecule has 0 aromatic rings. The summed E-state index contributed by atoms with van der Waals surface area (Å²) in [4.78, 5) is 23.9. The molecule has 0 heterocycles. The van der Waals surface area contributed by atoms with Crippen molar-refractivity contribution in [1.82, 2.24) is 0 Å². The largest absolute Gasteiger partial charge is 0.300 e. The molecular weight excluding hydrogens is 284 g/mol. The van der Waals surface area contributed by atoms with Gasteiger partial charge in [0.2, 0.25) is 0 Å². The van der Waals surface area contributed by atoms with Crippen molar-refractivity contribution in [1.29, 1.82) is 0 Å². The third-order valence-electron chi connectivity index (χ3n) is 8.15. The predicted molar refractivity (Wildman–Crippen MR) is 93.0 cm³/mol. The van der Waals surface area contributed by atoms with Crippen LogP contribution in [-0.4, -0.2) is 11.6 Å². The summed E-state index contributed by atoms with van der Waals surface area (Å²) in [6, 6.07) is 0. The fraction of sp³-hybridized carbons (Fsp3) is 0.810. The molecule has 0 spiro atoms. The van der Waals surface area contributed by atoms with Crippen molar-refractivity contribution in [3.05, 3.63) is 11.6 Å². The zero-order chi connectivity index (χ0) is 17.0. The SMILES string of the molecule is CC(=O)[C@H]1CCC2C(C)C([C@@]3(C)CCC(=O)C=C3C)CC[C@@]21C. The van der Waals surface area contributed by atoms with Gasteiger partial charge in [0.15, 0.2) is 5.78 Å². The molecule has 0 radical (unpaired) electrons. The van der Waals surface area contributed by atoms with E-state index in [1.54, 1.807) is 6.92 Å². The van der Waals surface area contributed by atoms with Crippen molar-refractivity contribution < 1.29 is 9.59 Å². The predicted octanol–water partition coefficient (Wildman–Crippen LogP) is 4.97. The lowest BCUT2D eigenvalue weighted by Crippen LogP contribution is -2.47. The van der Waals surface area contributed by atoms with E-state index in [2.05, 4.69) is 27.7 Å². The molecule has 0 bridgehead atoms. The molecule has 0 N–H and O–H groups in total. The number of fused-ring (bicyclic) bond motifs is 1. The first-order chi connectivity index (χ1) is 10.7. The third kappa shape index (κ3) is 2.44. The molecule has 3 aliphatic carbocycles. The minimum atomic E-state index is 0.170. The first-order valence-electron chi connectivity index (χ1n) is 9.42. The topological polar surface area (TPSA) is 34.1 Å². The molecule has 0 aliphatic heterocycles. The zero-order valence-corrected chi connectivity index (χ0v) is 15.4. The summed E-state index contributed by atoms with van der Waals surface area (Å²) in [5, 5.41) is 0. The van der Waals surface area contributed by atoms with Crippen molar-refractivity contribution in [3.8, 4) is 0 Å². The Balaban J connectivity index is 1.88. The Morgan fingerprint density at radius 1 is 1.13 bits per heavy atom. The van der Waals surface area contributed by atoms with Gasteiger partial charge in [0.1, 0.15) is 5.78 Å². The van der Waals surface area contributed by atoms with E-state index in [4.69, 9.17) is 0 Å². The summed E-state index contributed by atoms with van der Waals surface area (Å²) >= 11 is 0. The highest BCUT2D eigenvalue weighted by Crippen LogP contribution is 2.63. The van der Waals surface area contributed by atoms with E-state index in [0.717, 1.165) is 12.8 Å². The number of hydrogen-bond donors (Lipinski definition) is 0. The molecule has 3 aliphatic rings. The van der Waals surface area contributed by atoms with Crippen LogP contribution in [-0.2, 0) is 9.59 Å². The van der Waals surface area contributed by atoms with E-state index in [-0.39, 0.29) is 16.7 Å². The summed E-state index contributed by atoms with van der Waals surface area (Å²) in [6.45, 7) is 11.1. The van der Waals surface area contributed by atoms with Gasteiger partial charge in [-0.1, -0.05) is 26.3 Å². The number of allylic oxidation sites excluding steroid dienone is 2. The molecule has 3 rings (SSSR count). The first-order valence-corrected chi connectivity index (χ1v) is 9.42. The average Bonchev–Trinajstić information content (AvgIpc) is 2.82. The van der Waals surface area contributed by atoms with Crippen LogP contribution in [0.15, 0.2) is 11.6 Å². The van der Waals surface area contributed by atoms with Gasteiger partial charge in [-0.25, -0.2) is 0 Å². The Kier molecular flexibility index (Phi) is 4.09. The highest BCUT2D eigenvalue weighted by molar-refractivity contribution is 5.91. The number of rotatable bonds is 2. The minimum Gasteiger partial charge on any atom is -0.300 e. The molecule has 6 atom stereocenters. The first kappa shape index (κ1) is 16.9. The molecule has 0 aromatic heterocycles. The van der Waals surface area contributed by atoms with Crippen molar-refractivity contribution in [2.24, 2.45) is 34.5 Å². The summed E-state index contributed by atoms with van der Waals surface area (Å²) < 4.78 is 0. The maximum atomic E-state index is 12.1. The molecule has 0 amide bonds. The van der Waals surface area contributed by atoms with Crippen LogP contribution in [0.3, 0.4) is 0 Å². The van der Waals surface area contributed by atoms with E-state index in [1.165, 1.54) is 24.8 Å². The van der Waals surface area contributed by atoms with Crippen molar-refractivity contribution >= 4 is 11.6 Å². The fourth-order valence-electron chi connectivity index (χ4n) is 6.60. The molecule has 23 heavy (non-hydrogen) atoms. The van der Waals surface area contributed by atoms with Crippen LogP contribution in [0.25, 0.3) is 0 Å². The van der Waals surface area contributed by atoms with Gasteiger partial charge in [0.25, 0.3) is 0 Å². The zero-order valence-electron chi connectivity index (χ0n) is 15.4. The number of carbonyl (C=O) groups excluding carboxylic acids is 2. The van der Waals surface area contributed by atoms with Crippen molar-refractivity contribution in [2.75, 3.05) is 0 Å². The molecule has 2 saturated carbocycles. The molecular formula is C21H32O2. The van der Waals surface area contributed by atoms with Crippen molar-refractivity contribution in [3.63, 3.8) is 0 Å². The Morgan fingerprint density at radius 3 is 2.43 bits per heavy atom. The highest BCUT2D eigenvalue weighted by Gasteiger charge is 2.56. The van der Waals surface area contributed by atoms with Gasteiger partial charge in [-0.15, -0.1) is 0 Å². The summed E-state index contributed by atoms with van der Waals surface area (Å²) in [5.74, 6) is 2.91. The maximum Gasteiger partial charge on any atom is 0.155 e. The fourth-order valence-corrected chi connectivity index (χ4v) is 6.60. The van der Waals surface area contributed by atoms with Gasteiger partial charge >= 0.3 is 0 Å². The van der Waals surface area contributed by atoms with E-state index in [0.29, 0.717) is 35.7 Å². The second-order valence-electron chi connectivity index (χ2n) is 9.07. The second kappa shape index (κ2) is 5.57. The van der Waals surface area contributed by atoms with Crippen LogP contribution in [0.2, 0.25) is 0 Å². The molecule has 2 heteroatoms. The van der Waals surface area contributed by atoms with Gasteiger partial charge in [-0.2, -0.15) is 0 Å². The van der Waals surface area contributed by atoms with Crippen LogP contribution in [0.4, 0.5) is 0 Å². The minimum absolute atomic E-state index is 0.170. The number of hydrogen-bond acceptors (Lipinski definition) is 2. The van der Waals surface area contributed by atoms with Crippen LogP contribution >= 0.6 is 0 Å². The molecule has 0 saturated heterocycles. The number of ketones is 2. The lowest BCUT2D eigenvalue weighted by Gasteiger charge is -2.53. The number of carbonyl (C=O) groups is 2. The van der Waals surface area contributed by atoms with E-state index < -0.39 is 0 Å². The van der Waals surface area contributed by atoms with Gasteiger partial charge in [0, 0.05) is 12.3 Å². The Morgan fingerprint density at radius 2 is 1.83 bits per heavy atom. The molecule has 2 fully saturated rings. The lowest BCUT2D eigenvalue weighted by molar-refractivity contribution is -0.127. The molecule has 2 nitrogen and oxygen atoms in total. The lowest BCUT2D eigenvalue weighted by atomic mass is 9.51. The summed E-state index contributed by atoms with van der Waals surface area (Å²) in [6.07, 6.45) is 8.27. The maximum absolute atomic E-state index is 12.1. The monoisotopic (exact) mass is 316 g/mol. The molecule has 3 unspecified atom stereocenters. The van der Waals surface area contributed by atoms with Crippen molar-refractivity contribution in [2.45, 2.75) is 73.1 Å². The Bertz CT molecular complexity index is 560. The smallest absolute Gasteiger partial charge is 0.155 e. The quantitative estimate of drug-likeness (QED) is 0.721. The average molecular weight is 316 g/mol. The van der Waals surface area contributed by atoms with Crippen LogP contribution < -0.4 is 0 Å². The molecule has 0 aromatic carbocycles. The van der Waals surface area contributed by atoms with Crippen LogP contribution in [0.1, 0.15) is 73.1 Å². The van der Waals surface area contributed by atoms with Crippen LogP contribution in [0, 0.1) is 34.5 Å². The van der Waals surface area contributed by atoms with Gasteiger partial charge in [-0.3, -0.25) is 9.59 Å². The van der Waals surface area contributed by atoms with Crippen LogP contribution in [0.5, 0.6) is 0 Å². The third-order valence-corrected chi connectivity index (χ3v) is 8.15. The Hall–Kier alpha value is -0.920. The summed E-state index contributed by atoms with van der Waals surface area (Å²) in [7, 11) is 0. The van der Waals surface area contributed by atoms with Gasteiger partial charge in [-0.05, 0) is 80.6 Å². The van der Waals surface area contributed by atoms with Gasteiger partial charge < -0.3 is 0 Å². The van der Waals surface area contributed by atoms with E-state index in [9.17, 15) is 9.59 Å². The highest BCUT2D eigenvalue weighted by atomic mass is 16.1. The second-order valence-corrected chi connectivity index (χ2v) is 9.07. The normalized spacial score (nSPS) is 47.2. The standard InChI is InChI=1S/C21H32O2/c1-13-12-16(23)8-10-20(13,4)18-9-11-21(5)17(14(18)2)6-7-19(21)15(3)22/h12,14,17-19H,6-11H2,1-5H3/t14?,17?,18?,19-,20+,21+/m1/s1. The van der Waals surface area contributed by atoms with Gasteiger partial charge in [0.05, 0.1) is 0 Å². The summed E-state index contributed by atoms with van der Waals surface area (Å²) in [5.41, 5.74) is 1.67. The van der Waals surface area contributed by atoms with E-state index >= 15 is 0 Å². The van der Waals surface area contributed by atoms with E-state index in [1.807, 2.05) is 6.08 Å². The molecule has 128 valence electrons.